The average molecular weight is 738 g/mol. The van der Waals surface area contributed by atoms with Gasteiger partial charge in [0.05, 0.1) is 54.1 Å². The zero-order valence-corrected chi connectivity index (χ0v) is 30.8. The van der Waals surface area contributed by atoms with E-state index in [1.807, 2.05) is 73.1 Å². The van der Waals surface area contributed by atoms with Crippen LogP contribution in [-0.2, 0) is 38.8 Å². The molecule has 0 saturated carbocycles. The van der Waals surface area contributed by atoms with Crippen LogP contribution in [0.4, 0.5) is 11.4 Å². The summed E-state index contributed by atoms with van der Waals surface area (Å²) in [4.78, 5) is 29.4. The third kappa shape index (κ3) is 9.85. The molecule has 1 saturated heterocycles. The summed E-state index contributed by atoms with van der Waals surface area (Å²) >= 11 is 0. The first-order valence-corrected chi connectivity index (χ1v) is 18.9. The molecule has 0 spiro atoms. The molecular formula is C45H47N5O5. The summed E-state index contributed by atoms with van der Waals surface area (Å²) in [5.74, 6) is -0.0854. The smallest absolute Gasteiger partial charge is 0.224 e. The van der Waals surface area contributed by atoms with E-state index >= 15 is 0 Å². The number of ether oxygens (including phenoxy) is 2. The summed E-state index contributed by atoms with van der Waals surface area (Å²) in [7, 11) is 0. The van der Waals surface area contributed by atoms with E-state index in [9.17, 15) is 14.7 Å². The minimum Gasteiger partial charge on any atom is -0.397 e. The standard InChI is InChI=1S/C45H47N5O5/c46-38-11-4-5-12-39(38)49-44(53)16-3-1-2-15-43(52)47-27-32-9-8-10-36(25-32)33-21-23-35(24-22-33)45-54-37(28-50-30-48-40-13-6-7-14-41(40)50)26-42(55-45)34-19-17-31(29-51)18-20-34/h4-14,17-25,30,37,42,45,51H,1-3,15-16,26-29,46H2,(H,47,52)(H,49,53)/t37-,42+,45+/m0/s1. The molecule has 3 atom stereocenters. The van der Waals surface area contributed by atoms with Crippen LogP contribution in [0.1, 0.15) is 73.2 Å². The Hall–Kier alpha value is -5.81. The fourth-order valence-corrected chi connectivity index (χ4v) is 6.96. The lowest BCUT2D eigenvalue weighted by Gasteiger charge is -2.36. The Morgan fingerprint density at radius 1 is 0.764 bits per heavy atom. The quantitative estimate of drug-likeness (QED) is 0.0615. The first-order valence-electron chi connectivity index (χ1n) is 18.9. The summed E-state index contributed by atoms with van der Waals surface area (Å²) in [6.07, 6.45) is 4.65. The van der Waals surface area contributed by atoms with Crippen molar-refractivity contribution in [2.24, 2.45) is 0 Å². The predicted octanol–water partition coefficient (Wildman–Crippen LogP) is 8.23. The second-order valence-electron chi connectivity index (χ2n) is 14.0. The van der Waals surface area contributed by atoms with Crippen molar-refractivity contribution in [3.05, 3.63) is 150 Å². The first kappa shape index (κ1) is 37.5. The number of aliphatic hydroxyl groups excluding tert-OH is 1. The molecule has 2 amide bonds. The van der Waals surface area contributed by atoms with E-state index in [2.05, 4.69) is 62.6 Å². The summed E-state index contributed by atoms with van der Waals surface area (Å²) in [5, 5.41) is 15.5. The normalized spacial score (nSPS) is 16.9. The molecule has 1 aliphatic heterocycles. The number of nitrogens with two attached hydrogens (primary N) is 1. The Morgan fingerprint density at radius 3 is 2.31 bits per heavy atom. The number of imidazole rings is 1. The number of benzene rings is 5. The maximum absolute atomic E-state index is 12.6. The van der Waals surface area contributed by atoms with Crippen LogP contribution in [0.25, 0.3) is 22.2 Å². The molecule has 5 N–H and O–H groups in total. The molecule has 0 radical (unpaired) electrons. The van der Waals surface area contributed by atoms with Crippen LogP contribution in [-0.4, -0.2) is 32.6 Å². The fraction of sp³-hybridized carbons (Fsp3) is 0.267. The summed E-state index contributed by atoms with van der Waals surface area (Å²) in [6, 6.07) is 39.6. The van der Waals surface area contributed by atoms with E-state index in [-0.39, 0.29) is 30.6 Å². The molecule has 1 fully saturated rings. The number of hydrogen-bond acceptors (Lipinski definition) is 7. The number of anilines is 2. The number of para-hydroxylation sites is 4. The third-order valence-electron chi connectivity index (χ3n) is 10.0. The highest BCUT2D eigenvalue weighted by atomic mass is 16.7. The topological polar surface area (TPSA) is 141 Å². The van der Waals surface area contributed by atoms with Gasteiger partial charge in [0.1, 0.15) is 0 Å². The van der Waals surface area contributed by atoms with Gasteiger partial charge in [-0.3, -0.25) is 9.59 Å². The number of carbonyl (C=O) groups is 2. The van der Waals surface area contributed by atoms with Crippen molar-refractivity contribution >= 4 is 34.2 Å². The maximum atomic E-state index is 12.6. The van der Waals surface area contributed by atoms with E-state index in [0.717, 1.165) is 50.8 Å². The maximum Gasteiger partial charge on any atom is 0.224 e. The van der Waals surface area contributed by atoms with Crippen LogP contribution < -0.4 is 16.4 Å². The predicted molar refractivity (Wildman–Crippen MR) is 214 cm³/mol. The van der Waals surface area contributed by atoms with Gasteiger partial charge in [0, 0.05) is 31.4 Å². The van der Waals surface area contributed by atoms with E-state index in [1.165, 1.54) is 0 Å². The third-order valence-corrected chi connectivity index (χ3v) is 10.0. The first-order chi connectivity index (χ1) is 26.9. The minimum atomic E-state index is -0.572. The Morgan fingerprint density at radius 2 is 1.51 bits per heavy atom. The number of fused-ring (bicyclic) bond motifs is 1. The molecule has 0 aliphatic carbocycles. The van der Waals surface area contributed by atoms with E-state index < -0.39 is 6.29 Å². The summed E-state index contributed by atoms with van der Waals surface area (Å²) < 4.78 is 15.3. The Labute approximate surface area is 321 Å². The molecule has 2 heterocycles. The summed E-state index contributed by atoms with van der Waals surface area (Å²) in [5.41, 5.74) is 15.0. The van der Waals surface area contributed by atoms with Gasteiger partial charge in [-0.1, -0.05) is 97.4 Å². The SMILES string of the molecule is Nc1ccccc1NC(=O)CCCCCC(=O)NCc1cccc(-c2ccc([C@@H]3O[C@H](Cn4cnc5ccccc54)C[C@H](c4ccc(CO)cc4)O3)cc2)c1. The zero-order valence-electron chi connectivity index (χ0n) is 30.8. The molecule has 55 heavy (non-hydrogen) atoms. The number of nitrogens with zero attached hydrogens (tertiary/aromatic N) is 2. The van der Waals surface area contributed by atoms with Gasteiger partial charge >= 0.3 is 0 Å². The number of amides is 2. The molecule has 5 aromatic carbocycles. The van der Waals surface area contributed by atoms with Crippen LogP contribution in [0, 0.1) is 0 Å². The Balaban J connectivity index is 0.930. The molecule has 10 nitrogen and oxygen atoms in total. The van der Waals surface area contributed by atoms with Gasteiger partial charge in [0.15, 0.2) is 6.29 Å². The highest BCUT2D eigenvalue weighted by Crippen LogP contribution is 2.39. The number of aliphatic hydroxyl groups is 1. The van der Waals surface area contributed by atoms with Crippen LogP contribution in [0.2, 0.25) is 0 Å². The molecule has 282 valence electrons. The van der Waals surface area contributed by atoms with Gasteiger partial charge in [-0.05, 0) is 71.0 Å². The highest BCUT2D eigenvalue weighted by Gasteiger charge is 2.32. The molecule has 10 heteroatoms. The number of carbonyl (C=O) groups excluding carboxylic acids is 2. The largest absolute Gasteiger partial charge is 0.397 e. The van der Waals surface area contributed by atoms with E-state index in [4.69, 9.17) is 15.2 Å². The van der Waals surface area contributed by atoms with Crippen LogP contribution in [0.15, 0.2) is 128 Å². The van der Waals surface area contributed by atoms with Gasteiger partial charge in [0.2, 0.25) is 11.8 Å². The summed E-state index contributed by atoms with van der Waals surface area (Å²) in [6.45, 7) is 1.07. The molecule has 1 aromatic heterocycles. The van der Waals surface area contributed by atoms with Gasteiger partial charge in [-0.25, -0.2) is 4.98 Å². The van der Waals surface area contributed by atoms with Crippen molar-refractivity contribution in [1.82, 2.24) is 14.9 Å². The van der Waals surface area contributed by atoms with Crippen LogP contribution in [0.5, 0.6) is 0 Å². The van der Waals surface area contributed by atoms with Gasteiger partial charge in [-0.15, -0.1) is 0 Å². The fourth-order valence-electron chi connectivity index (χ4n) is 6.96. The average Bonchev–Trinajstić information content (AvgIpc) is 3.63. The van der Waals surface area contributed by atoms with Crippen molar-refractivity contribution < 1.29 is 24.2 Å². The van der Waals surface area contributed by atoms with Crippen LogP contribution in [0.3, 0.4) is 0 Å². The Bertz CT molecular complexity index is 2200. The number of rotatable bonds is 15. The molecular weight excluding hydrogens is 691 g/mol. The van der Waals surface area contributed by atoms with Gasteiger partial charge in [0.25, 0.3) is 0 Å². The van der Waals surface area contributed by atoms with Crippen molar-refractivity contribution in [3.8, 4) is 11.1 Å². The van der Waals surface area contributed by atoms with Crippen molar-refractivity contribution in [2.75, 3.05) is 11.1 Å². The van der Waals surface area contributed by atoms with Crippen molar-refractivity contribution in [1.29, 1.82) is 0 Å². The molecule has 0 unspecified atom stereocenters. The van der Waals surface area contributed by atoms with Crippen molar-refractivity contribution in [3.63, 3.8) is 0 Å². The second kappa shape index (κ2) is 18.0. The lowest BCUT2D eigenvalue weighted by atomic mass is 9.99. The lowest BCUT2D eigenvalue weighted by molar-refractivity contribution is -0.252. The number of unbranched alkanes of at least 4 members (excludes halogenated alkanes) is 2. The van der Waals surface area contributed by atoms with Gasteiger partial charge in [-0.2, -0.15) is 0 Å². The van der Waals surface area contributed by atoms with Crippen molar-refractivity contribution in [2.45, 2.75) is 76.7 Å². The zero-order chi connectivity index (χ0) is 38.0. The number of aromatic nitrogens is 2. The van der Waals surface area contributed by atoms with Gasteiger partial charge < -0.3 is 35.5 Å². The highest BCUT2D eigenvalue weighted by molar-refractivity contribution is 5.93. The number of nitrogens with one attached hydrogen (secondary N) is 2. The molecule has 1 aliphatic rings. The minimum absolute atomic E-state index is 0.00524. The number of hydrogen-bond donors (Lipinski definition) is 4. The van der Waals surface area contributed by atoms with Crippen LogP contribution >= 0.6 is 0 Å². The van der Waals surface area contributed by atoms with E-state index in [0.29, 0.717) is 56.6 Å². The lowest BCUT2D eigenvalue weighted by Crippen LogP contribution is -2.32. The number of nitrogen functional groups attached to an aromatic ring is 1. The van der Waals surface area contributed by atoms with E-state index in [1.54, 1.807) is 12.1 Å². The Kier molecular flexibility index (Phi) is 12.3. The second-order valence-corrected chi connectivity index (χ2v) is 14.0. The molecule has 0 bridgehead atoms. The molecule has 7 rings (SSSR count). The monoisotopic (exact) mass is 737 g/mol. The molecule has 6 aromatic rings.